The van der Waals surface area contributed by atoms with Gasteiger partial charge in [-0.2, -0.15) is 0 Å². The first-order valence-electron chi connectivity index (χ1n) is 12.9. The van der Waals surface area contributed by atoms with Gasteiger partial charge in [0, 0.05) is 16.7 Å². The van der Waals surface area contributed by atoms with Gasteiger partial charge in [0.1, 0.15) is 0 Å². The van der Waals surface area contributed by atoms with Crippen LogP contribution in [-0.4, -0.2) is 11.0 Å². The molecule has 0 aromatic heterocycles. The van der Waals surface area contributed by atoms with Crippen molar-refractivity contribution in [2.45, 2.75) is 52.4 Å². The molecule has 2 nitrogen and oxygen atoms in total. The van der Waals surface area contributed by atoms with Crippen molar-refractivity contribution in [1.82, 2.24) is 0 Å². The zero-order chi connectivity index (χ0) is 27.0. The van der Waals surface area contributed by atoms with Gasteiger partial charge in [0.15, 0.2) is 5.78 Å². The van der Waals surface area contributed by atoms with Gasteiger partial charge >= 0.3 is 0 Å². The molecule has 0 aliphatic carbocycles. The Morgan fingerprint density at radius 1 is 0.553 bits per heavy atom. The Balaban J connectivity index is 0.000000307. The quantitative estimate of drug-likeness (QED) is 0.170. The second-order valence-corrected chi connectivity index (χ2v) is 9.33. The van der Waals surface area contributed by atoms with Crippen molar-refractivity contribution in [3.8, 4) is 0 Å². The van der Waals surface area contributed by atoms with Crippen LogP contribution in [0.4, 0.5) is 0 Å². The first kappa shape index (κ1) is 32.8. The first-order valence-corrected chi connectivity index (χ1v) is 13.2. The fourth-order valence-corrected chi connectivity index (χ4v) is 3.67. The van der Waals surface area contributed by atoms with Gasteiger partial charge in [-0.3, -0.25) is 9.59 Å². The Bertz CT molecular complexity index is 1190. The molecule has 4 aromatic rings. The van der Waals surface area contributed by atoms with Crippen LogP contribution >= 0.6 is 24.0 Å². The minimum absolute atomic E-state index is 0. The van der Waals surface area contributed by atoms with Gasteiger partial charge in [-0.25, -0.2) is 0 Å². The molecule has 2 unspecified atom stereocenters. The van der Waals surface area contributed by atoms with Crippen LogP contribution in [0.3, 0.4) is 0 Å². The lowest BCUT2D eigenvalue weighted by atomic mass is 9.95. The highest BCUT2D eigenvalue weighted by molar-refractivity contribution is 6.67. The summed E-state index contributed by atoms with van der Waals surface area (Å²) in [7, 11) is 0. The highest BCUT2D eigenvalue weighted by Crippen LogP contribution is 2.20. The van der Waals surface area contributed by atoms with Crippen molar-refractivity contribution in [3.05, 3.63) is 143 Å². The van der Waals surface area contributed by atoms with E-state index in [1.54, 1.807) is 24.3 Å². The normalized spacial score (nSPS) is 11.3. The number of benzene rings is 4. The molecule has 38 heavy (non-hydrogen) atoms. The summed E-state index contributed by atoms with van der Waals surface area (Å²) >= 11 is 5.16. The van der Waals surface area contributed by atoms with Crippen LogP contribution in [0.25, 0.3) is 0 Å². The summed E-state index contributed by atoms with van der Waals surface area (Å²) < 4.78 is 0. The molecule has 4 aromatic carbocycles. The molecule has 0 N–H and O–H groups in total. The Labute approximate surface area is 239 Å². The van der Waals surface area contributed by atoms with E-state index < -0.39 is 5.24 Å². The maximum atomic E-state index is 12.2. The summed E-state index contributed by atoms with van der Waals surface area (Å²) in [6.45, 7) is 8.86. The summed E-state index contributed by atoms with van der Waals surface area (Å²) in [4.78, 5) is 22.6. The number of carbonyl (C=O) groups is 2. The molecule has 200 valence electrons. The summed E-state index contributed by atoms with van der Waals surface area (Å²) in [6, 6.07) is 36.7. The number of halogens is 2. The Hall–Kier alpha value is -3.20. The molecule has 0 radical (unpaired) electrons. The average Bonchev–Trinajstić information content (AvgIpc) is 2.98. The van der Waals surface area contributed by atoms with E-state index in [2.05, 4.69) is 70.2 Å². The minimum Gasteiger partial charge on any atom is -0.289 e. The summed E-state index contributed by atoms with van der Waals surface area (Å²) in [6.07, 6.45) is 2.34. The average molecular weight is 550 g/mol. The Morgan fingerprint density at radius 2 is 0.895 bits per heavy atom. The third-order valence-corrected chi connectivity index (χ3v) is 6.59. The van der Waals surface area contributed by atoms with Crippen molar-refractivity contribution in [2.75, 3.05) is 0 Å². The van der Waals surface area contributed by atoms with Gasteiger partial charge in [-0.05, 0) is 47.4 Å². The number of ketones is 1. The molecule has 0 fully saturated rings. The zero-order valence-electron chi connectivity index (χ0n) is 22.6. The second-order valence-electron chi connectivity index (χ2n) is 8.99. The Morgan fingerprint density at radius 3 is 1.26 bits per heavy atom. The van der Waals surface area contributed by atoms with Crippen molar-refractivity contribution in [1.29, 1.82) is 0 Å². The topological polar surface area (TPSA) is 34.1 Å². The molecule has 0 saturated carbocycles. The lowest BCUT2D eigenvalue weighted by Gasteiger charge is -2.09. The van der Waals surface area contributed by atoms with Gasteiger partial charge in [-0.15, -0.1) is 12.4 Å². The molecule has 0 heterocycles. The van der Waals surface area contributed by atoms with Crippen LogP contribution in [0.5, 0.6) is 0 Å². The third kappa shape index (κ3) is 11.0. The van der Waals surface area contributed by atoms with Crippen LogP contribution in [0.2, 0.25) is 0 Å². The van der Waals surface area contributed by atoms with E-state index in [4.69, 9.17) is 11.6 Å². The molecule has 4 rings (SSSR count). The van der Waals surface area contributed by atoms with Crippen molar-refractivity contribution < 1.29 is 9.59 Å². The van der Waals surface area contributed by atoms with E-state index in [1.807, 2.05) is 48.5 Å². The van der Waals surface area contributed by atoms with Gasteiger partial charge < -0.3 is 0 Å². The van der Waals surface area contributed by atoms with Gasteiger partial charge in [-0.1, -0.05) is 143 Å². The molecule has 0 saturated heterocycles. The van der Waals surface area contributed by atoms with E-state index in [9.17, 15) is 9.59 Å². The largest absolute Gasteiger partial charge is 0.289 e. The van der Waals surface area contributed by atoms with Crippen LogP contribution in [-0.2, 0) is 0 Å². The highest BCUT2D eigenvalue weighted by atomic mass is 35.5. The van der Waals surface area contributed by atoms with Crippen molar-refractivity contribution >= 4 is 35.0 Å². The highest BCUT2D eigenvalue weighted by Gasteiger charge is 2.09. The van der Waals surface area contributed by atoms with E-state index in [0.717, 1.165) is 17.5 Å². The molecule has 0 aliphatic heterocycles. The van der Waals surface area contributed by atoms with Gasteiger partial charge in [0.25, 0.3) is 5.24 Å². The molecular weight excluding hydrogens is 511 g/mol. The van der Waals surface area contributed by atoms with Crippen LogP contribution in [0, 0.1) is 0 Å². The van der Waals surface area contributed by atoms with Crippen LogP contribution < -0.4 is 0 Å². The lowest BCUT2D eigenvalue weighted by Crippen LogP contribution is -2.01. The molecule has 0 amide bonds. The van der Waals surface area contributed by atoms with E-state index >= 15 is 0 Å². The smallest absolute Gasteiger partial charge is 0.252 e. The van der Waals surface area contributed by atoms with E-state index in [0.29, 0.717) is 17.4 Å². The molecular formula is C34H38Cl2O2. The maximum Gasteiger partial charge on any atom is 0.252 e. The van der Waals surface area contributed by atoms with Crippen LogP contribution in [0.15, 0.2) is 115 Å². The third-order valence-electron chi connectivity index (χ3n) is 6.37. The Kier molecular flexibility index (Phi) is 15.7. The molecule has 2 atom stereocenters. The number of rotatable bonds is 7. The van der Waals surface area contributed by atoms with E-state index in [1.165, 1.54) is 17.5 Å². The molecule has 0 spiro atoms. The SMILES string of the molecule is CCC(C)c1ccc(C(=O)c2ccccc2)cc1.CCC(C)c1ccccc1.Cl.O=C(Cl)c1ccccc1. The number of hydrogen-bond donors (Lipinski definition) is 0. The second kappa shape index (κ2) is 18.1. The monoisotopic (exact) mass is 548 g/mol. The van der Waals surface area contributed by atoms with E-state index in [-0.39, 0.29) is 18.2 Å². The first-order chi connectivity index (χ1) is 17.9. The fourth-order valence-electron chi connectivity index (χ4n) is 3.54. The van der Waals surface area contributed by atoms with Crippen molar-refractivity contribution in [3.63, 3.8) is 0 Å². The lowest BCUT2D eigenvalue weighted by molar-refractivity contribution is 0.103. The fraction of sp³-hybridized carbons (Fsp3) is 0.235. The number of hydrogen-bond acceptors (Lipinski definition) is 2. The summed E-state index contributed by atoms with van der Waals surface area (Å²) in [5, 5.41) is -0.407. The molecule has 0 aliphatic rings. The molecule has 4 heteroatoms. The van der Waals surface area contributed by atoms with Crippen molar-refractivity contribution in [2.24, 2.45) is 0 Å². The summed E-state index contributed by atoms with van der Waals surface area (Å²) in [5.41, 5.74) is 4.79. The zero-order valence-corrected chi connectivity index (χ0v) is 24.2. The predicted octanol–water partition coefficient (Wildman–Crippen LogP) is 10.1. The maximum absolute atomic E-state index is 12.2. The summed E-state index contributed by atoms with van der Waals surface area (Å²) in [5.74, 6) is 1.35. The van der Waals surface area contributed by atoms with Gasteiger partial charge in [0.2, 0.25) is 0 Å². The molecule has 0 bridgehead atoms. The van der Waals surface area contributed by atoms with Crippen LogP contribution in [0.1, 0.15) is 89.8 Å². The minimum atomic E-state index is -0.407. The number of carbonyl (C=O) groups excluding carboxylic acids is 2. The standard InChI is InChI=1S/C17H18O.C10H14.C7H5ClO.ClH/c1-3-13(2)14-9-11-16(12-10-14)17(18)15-7-5-4-6-8-15;1-3-9(2)10-7-5-4-6-8-10;8-7(9)6-4-2-1-3-5-6;/h4-13H,3H2,1-2H3;4-9H,3H2,1-2H3;1-5H;1H. The van der Waals surface area contributed by atoms with Gasteiger partial charge in [0.05, 0.1) is 0 Å². The predicted molar refractivity (Wildman–Crippen MR) is 164 cm³/mol.